The molecule has 0 bridgehead atoms. The van der Waals surface area contributed by atoms with E-state index in [1.807, 2.05) is 20.8 Å². The summed E-state index contributed by atoms with van der Waals surface area (Å²) in [6.07, 6.45) is 2.10. The lowest BCUT2D eigenvalue weighted by atomic mass is 10.1. The molecule has 5 nitrogen and oxygen atoms in total. The lowest BCUT2D eigenvalue weighted by Crippen LogP contribution is -2.47. The van der Waals surface area contributed by atoms with E-state index >= 15 is 0 Å². The Bertz CT molecular complexity index is 831. The highest BCUT2D eigenvalue weighted by Gasteiger charge is 2.33. The molecule has 0 N–H and O–H groups in total. The van der Waals surface area contributed by atoms with E-state index in [1.54, 1.807) is 29.2 Å². The zero-order chi connectivity index (χ0) is 20.3. The van der Waals surface area contributed by atoms with Crippen LogP contribution in [0.5, 0.6) is 0 Å². The standard InChI is InChI=1S/C22H26FNO4/c1-22(2,3)24(21(26)28-17-8-9-17)13-12-19(25)20-11-10-18(27-20)14-15-4-6-16(23)7-5-15/h4-7,10-11,17H,8-9,12-14H2,1-3H3. The fourth-order valence-electron chi connectivity index (χ4n) is 2.86. The molecule has 6 heteroatoms. The van der Waals surface area contributed by atoms with Crippen LogP contribution in [-0.4, -0.2) is 35.0 Å². The van der Waals surface area contributed by atoms with E-state index in [0.717, 1.165) is 18.4 Å². The number of Topliss-reactive ketones (excluding diaryl/α,β-unsaturated/α-hetero) is 1. The minimum absolute atomic E-state index is 0.0205. The fourth-order valence-corrected chi connectivity index (χ4v) is 2.86. The molecule has 3 rings (SSSR count). The number of furan rings is 1. The average Bonchev–Trinajstić information content (AvgIpc) is 3.30. The average molecular weight is 387 g/mol. The number of benzene rings is 1. The quantitative estimate of drug-likeness (QED) is 0.629. The van der Waals surface area contributed by atoms with Crippen LogP contribution in [0, 0.1) is 5.82 Å². The fraction of sp³-hybridized carbons (Fsp3) is 0.455. The normalized spacial score (nSPS) is 14.0. The smallest absolute Gasteiger partial charge is 0.410 e. The first-order valence-electron chi connectivity index (χ1n) is 9.57. The lowest BCUT2D eigenvalue weighted by Gasteiger charge is -2.34. The highest BCUT2D eigenvalue weighted by atomic mass is 19.1. The van der Waals surface area contributed by atoms with Crippen molar-refractivity contribution in [2.45, 2.75) is 58.1 Å². The molecule has 1 aliphatic carbocycles. The van der Waals surface area contributed by atoms with E-state index in [1.165, 1.54) is 12.1 Å². The Kier molecular flexibility index (Phi) is 5.87. The molecule has 0 atom stereocenters. The van der Waals surface area contributed by atoms with Crippen LogP contribution in [0.1, 0.15) is 61.9 Å². The van der Waals surface area contributed by atoms with Crippen LogP contribution in [0.15, 0.2) is 40.8 Å². The van der Waals surface area contributed by atoms with Crippen LogP contribution >= 0.6 is 0 Å². The third-order valence-corrected chi connectivity index (χ3v) is 4.61. The first kappa shape index (κ1) is 20.1. The lowest BCUT2D eigenvalue weighted by molar-refractivity contribution is 0.0603. The molecule has 0 saturated heterocycles. The molecule has 1 aromatic carbocycles. The van der Waals surface area contributed by atoms with Crippen molar-refractivity contribution >= 4 is 11.9 Å². The second-order valence-electron chi connectivity index (χ2n) is 8.15. The summed E-state index contributed by atoms with van der Waals surface area (Å²) in [6, 6.07) is 9.56. The zero-order valence-electron chi connectivity index (χ0n) is 16.5. The van der Waals surface area contributed by atoms with Crippen molar-refractivity contribution in [3.63, 3.8) is 0 Å². The van der Waals surface area contributed by atoms with Gasteiger partial charge in [0.05, 0.1) is 0 Å². The number of ether oxygens (including phenoxy) is 1. The molecule has 2 aromatic rings. The Balaban J connectivity index is 1.58. The molecule has 0 radical (unpaired) electrons. The summed E-state index contributed by atoms with van der Waals surface area (Å²) in [5.74, 6) is 0.443. The van der Waals surface area contributed by atoms with Crippen molar-refractivity contribution in [2.75, 3.05) is 6.54 Å². The molecule has 28 heavy (non-hydrogen) atoms. The van der Waals surface area contributed by atoms with Crippen molar-refractivity contribution in [1.82, 2.24) is 4.90 Å². The van der Waals surface area contributed by atoms with Crippen molar-refractivity contribution < 1.29 is 23.1 Å². The van der Waals surface area contributed by atoms with Crippen molar-refractivity contribution in [2.24, 2.45) is 0 Å². The number of hydrogen-bond acceptors (Lipinski definition) is 4. The third-order valence-electron chi connectivity index (χ3n) is 4.61. The summed E-state index contributed by atoms with van der Waals surface area (Å²) in [7, 11) is 0. The van der Waals surface area contributed by atoms with E-state index in [0.29, 0.717) is 12.2 Å². The van der Waals surface area contributed by atoms with Gasteiger partial charge < -0.3 is 14.1 Å². The first-order chi connectivity index (χ1) is 13.2. The Morgan fingerprint density at radius 2 is 1.82 bits per heavy atom. The predicted octanol–water partition coefficient (Wildman–Crippen LogP) is 4.98. The molecule has 1 aliphatic rings. The maximum absolute atomic E-state index is 13.0. The van der Waals surface area contributed by atoms with Crippen molar-refractivity contribution in [1.29, 1.82) is 0 Å². The summed E-state index contributed by atoms with van der Waals surface area (Å²) >= 11 is 0. The minimum atomic E-state index is -0.441. The number of hydrogen-bond donors (Lipinski definition) is 0. The van der Waals surface area contributed by atoms with Gasteiger partial charge >= 0.3 is 6.09 Å². The highest BCUT2D eigenvalue weighted by molar-refractivity contribution is 5.93. The molecular weight excluding hydrogens is 361 g/mol. The number of halogens is 1. The molecule has 1 fully saturated rings. The van der Waals surface area contributed by atoms with Gasteiger partial charge in [-0.15, -0.1) is 0 Å². The summed E-state index contributed by atoms with van der Waals surface area (Å²) in [4.78, 5) is 26.5. The van der Waals surface area contributed by atoms with Gasteiger partial charge in [-0.05, 0) is 63.4 Å². The Morgan fingerprint density at radius 3 is 2.43 bits per heavy atom. The predicted molar refractivity (Wildman–Crippen MR) is 103 cm³/mol. The maximum Gasteiger partial charge on any atom is 0.410 e. The van der Waals surface area contributed by atoms with E-state index in [9.17, 15) is 14.0 Å². The monoisotopic (exact) mass is 387 g/mol. The van der Waals surface area contributed by atoms with Gasteiger partial charge in [-0.25, -0.2) is 9.18 Å². The van der Waals surface area contributed by atoms with Crippen LogP contribution in [0.3, 0.4) is 0 Å². The largest absolute Gasteiger partial charge is 0.458 e. The van der Waals surface area contributed by atoms with Gasteiger partial charge in [0.25, 0.3) is 0 Å². The summed E-state index contributed by atoms with van der Waals surface area (Å²) in [6.45, 7) is 6.01. The van der Waals surface area contributed by atoms with Gasteiger partial charge in [0, 0.05) is 24.9 Å². The van der Waals surface area contributed by atoms with Gasteiger partial charge in [-0.2, -0.15) is 0 Å². The second-order valence-corrected chi connectivity index (χ2v) is 8.15. The molecule has 0 spiro atoms. The number of carbonyl (C=O) groups is 2. The number of rotatable bonds is 7. The summed E-state index contributed by atoms with van der Waals surface area (Å²) < 4.78 is 24.0. The van der Waals surface area contributed by atoms with E-state index in [2.05, 4.69) is 0 Å². The van der Waals surface area contributed by atoms with Crippen molar-refractivity contribution in [3.8, 4) is 0 Å². The molecule has 0 aliphatic heterocycles. The number of ketones is 1. The molecular formula is C22H26FNO4. The van der Waals surface area contributed by atoms with Gasteiger partial charge in [0.1, 0.15) is 17.7 Å². The Labute approximate surface area is 164 Å². The van der Waals surface area contributed by atoms with Crippen LogP contribution in [0.4, 0.5) is 9.18 Å². The first-order valence-corrected chi connectivity index (χ1v) is 9.57. The molecule has 1 aromatic heterocycles. The SMILES string of the molecule is CC(C)(C)N(CCC(=O)c1ccc(Cc2ccc(F)cc2)o1)C(=O)OC1CC1. The Hall–Kier alpha value is -2.63. The molecule has 1 amide bonds. The van der Waals surface area contributed by atoms with E-state index in [4.69, 9.17) is 9.15 Å². The Morgan fingerprint density at radius 1 is 1.14 bits per heavy atom. The van der Waals surface area contributed by atoms with Crippen LogP contribution in [0.2, 0.25) is 0 Å². The minimum Gasteiger partial charge on any atom is -0.458 e. The zero-order valence-corrected chi connectivity index (χ0v) is 16.5. The van der Waals surface area contributed by atoms with Crippen molar-refractivity contribution in [3.05, 3.63) is 59.3 Å². The van der Waals surface area contributed by atoms with E-state index < -0.39 is 5.54 Å². The maximum atomic E-state index is 13.0. The molecule has 1 saturated carbocycles. The van der Waals surface area contributed by atoms with Crippen LogP contribution in [0.25, 0.3) is 0 Å². The number of amides is 1. The third kappa shape index (κ3) is 5.44. The van der Waals surface area contributed by atoms with Gasteiger partial charge in [-0.1, -0.05) is 12.1 Å². The summed E-state index contributed by atoms with van der Waals surface area (Å²) in [5, 5.41) is 0. The topological polar surface area (TPSA) is 59.8 Å². The number of nitrogens with zero attached hydrogens (tertiary/aromatic N) is 1. The molecule has 1 heterocycles. The number of carbonyl (C=O) groups excluding carboxylic acids is 2. The molecule has 150 valence electrons. The van der Waals surface area contributed by atoms with Crippen LogP contribution in [-0.2, 0) is 11.2 Å². The second kappa shape index (κ2) is 8.17. The van der Waals surface area contributed by atoms with Gasteiger partial charge in [-0.3, -0.25) is 4.79 Å². The van der Waals surface area contributed by atoms with Gasteiger partial charge in [0.2, 0.25) is 0 Å². The van der Waals surface area contributed by atoms with Crippen LogP contribution < -0.4 is 0 Å². The highest BCUT2D eigenvalue weighted by Crippen LogP contribution is 2.26. The van der Waals surface area contributed by atoms with Gasteiger partial charge in [0.15, 0.2) is 11.5 Å². The van der Waals surface area contributed by atoms with E-state index in [-0.39, 0.29) is 42.5 Å². The summed E-state index contributed by atoms with van der Waals surface area (Å²) in [5.41, 5.74) is 0.458. The molecule has 0 unspecified atom stereocenters.